The number of hydrogen-bond donors (Lipinski definition) is 2. The molecule has 0 amide bonds. The van der Waals surface area contributed by atoms with Gasteiger partial charge in [-0.1, -0.05) is 43.5 Å². The summed E-state index contributed by atoms with van der Waals surface area (Å²) in [5.74, 6) is 0.0301. The van der Waals surface area contributed by atoms with Gasteiger partial charge in [0.25, 0.3) is 0 Å². The summed E-state index contributed by atoms with van der Waals surface area (Å²) < 4.78 is 26.8. The quantitative estimate of drug-likeness (QED) is 0.845. The molecule has 0 heterocycles. The third-order valence-electron chi connectivity index (χ3n) is 3.04. The van der Waals surface area contributed by atoms with Crippen LogP contribution in [-0.4, -0.2) is 26.2 Å². The van der Waals surface area contributed by atoms with Crippen LogP contribution in [0.25, 0.3) is 0 Å². The van der Waals surface area contributed by atoms with Crippen molar-refractivity contribution in [2.45, 2.75) is 31.2 Å². The maximum atomic E-state index is 12.2. The van der Waals surface area contributed by atoms with Gasteiger partial charge in [0.05, 0.1) is 21.5 Å². The first-order chi connectivity index (χ1) is 8.81. The van der Waals surface area contributed by atoms with E-state index >= 15 is 0 Å². The minimum Gasteiger partial charge on any atom is -0.395 e. The van der Waals surface area contributed by atoms with Gasteiger partial charge < -0.3 is 5.11 Å². The lowest BCUT2D eigenvalue weighted by Crippen LogP contribution is -2.41. The molecular weight excluding hydrogens is 309 g/mol. The van der Waals surface area contributed by atoms with E-state index in [0.717, 1.165) is 6.42 Å². The summed E-state index contributed by atoms with van der Waals surface area (Å²) in [5, 5.41) is 9.73. The van der Waals surface area contributed by atoms with E-state index in [-0.39, 0.29) is 22.4 Å². The van der Waals surface area contributed by atoms with Crippen molar-refractivity contribution < 1.29 is 13.5 Å². The molecule has 0 aromatic heterocycles. The van der Waals surface area contributed by atoms with Gasteiger partial charge in [-0.25, -0.2) is 13.1 Å². The summed E-state index contributed by atoms with van der Waals surface area (Å²) in [5.41, 5.74) is 0. The molecule has 0 bridgehead atoms. The summed E-state index contributed by atoms with van der Waals surface area (Å²) in [4.78, 5) is 0.0312. The molecule has 7 heteroatoms. The molecule has 19 heavy (non-hydrogen) atoms. The number of sulfonamides is 1. The molecule has 0 radical (unpaired) electrons. The van der Waals surface area contributed by atoms with Crippen molar-refractivity contribution in [3.05, 3.63) is 28.2 Å². The standard InChI is InChI=1S/C12H17Cl2NO3S/c1-3-8(2)12(7-16)15-19(17,18)9-4-5-10(13)11(14)6-9/h4-6,8,12,15-16H,3,7H2,1-2H3. The summed E-state index contributed by atoms with van der Waals surface area (Å²) in [6.45, 7) is 3.55. The average molecular weight is 326 g/mol. The van der Waals surface area contributed by atoms with Crippen LogP contribution < -0.4 is 4.72 Å². The highest BCUT2D eigenvalue weighted by atomic mass is 35.5. The maximum absolute atomic E-state index is 12.2. The predicted molar refractivity (Wildman–Crippen MR) is 77.1 cm³/mol. The Balaban J connectivity index is 3.00. The number of hydrogen-bond acceptors (Lipinski definition) is 3. The topological polar surface area (TPSA) is 66.4 Å². The van der Waals surface area contributed by atoms with E-state index in [1.807, 2.05) is 13.8 Å². The smallest absolute Gasteiger partial charge is 0.240 e. The van der Waals surface area contributed by atoms with Crippen LogP contribution in [0.2, 0.25) is 10.0 Å². The zero-order valence-electron chi connectivity index (χ0n) is 10.7. The molecular formula is C12H17Cl2NO3S. The van der Waals surface area contributed by atoms with E-state index in [1.54, 1.807) is 0 Å². The largest absolute Gasteiger partial charge is 0.395 e. The number of aliphatic hydroxyl groups is 1. The van der Waals surface area contributed by atoms with Crippen molar-refractivity contribution in [1.82, 2.24) is 4.72 Å². The number of nitrogens with one attached hydrogen (secondary N) is 1. The second-order valence-corrected chi connectivity index (χ2v) is 6.90. The van der Waals surface area contributed by atoms with Gasteiger partial charge in [0, 0.05) is 6.04 Å². The van der Waals surface area contributed by atoms with Crippen LogP contribution in [0.15, 0.2) is 23.1 Å². The first-order valence-corrected chi connectivity index (χ1v) is 8.14. The lowest BCUT2D eigenvalue weighted by molar-refractivity contribution is 0.219. The van der Waals surface area contributed by atoms with Crippen molar-refractivity contribution in [2.75, 3.05) is 6.61 Å². The number of rotatable bonds is 6. The molecule has 1 aromatic carbocycles. The maximum Gasteiger partial charge on any atom is 0.240 e. The van der Waals surface area contributed by atoms with Crippen molar-refractivity contribution >= 4 is 33.2 Å². The van der Waals surface area contributed by atoms with Crippen molar-refractivity contribution in [2.24, 2.45) is 5.92 Å². The van der Waals surface area contributed by atoms with E-state index in [0.29, 0.717) is 5.02 Å². The van der Waals surface area contributed by atoms with Crippen LogP contribution in [0.1, 0.15) is 20.3 Å². The summed E-state index contributed by atoms with van der Waals surface area (Å²) in [7, 11) is -3.72. The Morgan fingerprint density at radius 2 is 1.95 bits per heavy atom. The second kappa shape index (κ2) is 6.90. The summed E-state index contributed by atoms with van der Waals surface area (Å²) in [6, 6.07) is 3.57. The minimum atomic E-state index is -3.72. The molecule has 0 aliphatic carbocycles. The Morgan fingerprint density at radius 1 is 1.32 bits per heavy atom. The van der Waals surface area contributed by atoms with Crippen LogP contribution >= 0.6 is 23.2 Å². The molecule has 1 aromatic rings. The average Bonchev–Trinajstić information content (AvgIpc) is 2.38. The van der Waals surface area contributed by atoms with Crippen LogP contribution in [0.3, 0.4) is 0 Å². The highest BCUT2D eigenvalue weighted by Crippen LogP contribution is 2.25. The summed E-state index contributed by atoms with van der Waals surface area (Å²) >= 11 is 11.6. The van der Waals surface area contributed by atoms with Gasteiger partial charge in [0.1, 0.15) is 0 Å². The van der Waals surface area contributed by atoms with E-state index in [1.165, 1.54) is 18.2 Å². The number of halogens is 2. The van der Waals surface area contributed by atoms with Gasteiger partial charge in [0.15, 0.2) is 0 Å². The molecule has 2 atom stereocenters. The second-order valence-electron chi connectivity index (χ2n) is 4.37. The fourth-order valence-electron chi connectivity index (χ4n) is 1.53. The highest BCUT2D eigenvalue weighted by Gasteiger charge is 2.23. The van der Waals surface area contributed by atoms with Crippen LogP contribution in [0.5, 0.6) is 0 Å². The Morgan fingerprint density at radius 3 is 2.42 bits per heavy atom. The Hall–Kier alpha value is -0.330. The van der Waals surface area contributed by atoms with E-state index < -0.39 is 16.1 Å². The van der Waals surface area contributed by atoms with E-state index in [2.05, 4.69) is 4.72 Å². The van der Waals surface area contributed by atoms with Crippen LogP contribution in [-0.2, 0) is 10.0 Å². The lowest BCUT2D eigenvalue weighted by atomic mass is 10.0. The van der Waals surface area contributed by atoms with Crippen LogP contribution in [0, 0.1) is 5.92 Å². The minimum absolute atomic E-state index is 0.0301. The fraction of sp³-hybridized carbons (Fsp3) is 0.500. The molecule has 0 fully saturated rings. The van der Waals surface area contributed by atoms with Gasteiger partial charge in [0.2, 0.25) is 10.0 Å². The number of benzene rings is 1. The first-order valence-electron chi connectivity index (χ1n) is 5.90. The van der Waals surface area contributed by atoms with Crippen LogP contribution in [0.4, 0.5) is 0 Å². The monoisotopic (exact) mass is 325 g/mol. The Labute approximate surface area is 123 Å². The predicted octanol–water partition coefficient (Wildman–Crippen LogP) is 2.68. The molecule has 0 aliphatic heterocycles. The van der Waals surface area contributed by atoms with E-state index in [9.17, 15) is 13.5 Å². The first kappa shape index (κ1) is 16.7. The van der Waals surface area contributed by atoms with Gasteiger partial charge in [-0.15, -0.1) is 0 Å². The molecule has 0 spiro atoms. The Bertz CT molecular complexity index is 534. The molecule has 4 nitrogen and oxygen atoms in total. The molecule has 108 valence electrons. The molecule has 0 aliphatic rings. The van der Waals surface area contributed by atoms with Gasteiger partial charge in [-0.05, 0) is 24.1 Å². The third kappa shape index (κ3) is 4.33. The van der Waals surface area contributed by atoms with Crippen molar-refractivity contribution in [3.63, 3.8) is 0 Å². The molecule has 0 saturated carbocycles. The van der Waals surface area contributed by atoms with Gasteiger partial charge in [-0.2, -0.15) is 0 Å². The van der Waals surface area contributed by atoms with Gasteiger partial charge in [-0.3, -0.25) is 0 Å². The SMILES string of the molecule is CCC(C)C(CO)NS(=O)(=O)c1ccc(Cl)c(Cl)c1. The van der Waals surface area contributed by atoms with Gasteiger partial charge >= 0.3 is 0 Å². The summed E-state index contributed by atoms with van der Waals surface area (Å²) in [6.07, 6.45) is 0.759. The molecule has 2 unspecified atom stereocenters. The normalized spacial score (nSPS) is 15.2. The Kier molecular flexibility index (Phi) is 6.08. The van der Waals surface area contributed by atoms with E-state index in [4.69, 9.17) is 23.2 Å². The van der Waals surface area contributed by atoms with Crippen molar-refractivity contribution in [1.29, 1.82) is 0 Å². The highest BCUT2D eigenvalue weighted by molar-refractivity contribution is 7.89. The van der Waals surface area contributed by atoms with Crippen molar-refractivity contribution in [3.8, 4) is 0 Å². The molecule has 1 rings (SSSR count). The lowest BCUT2D eigenvalue weighted by Gasteiger charge is -2.22. The fourth-order valence-corrected chi connectivity index (χ4v) is 3.25. The third-order valence-corrected chi connectivity index (χ3v) is 5.26. The number of aliphatic hydroxyl groups excluding tert-OH is 1. The zero-order chi connectivity index (χ0) is 14.6. The zero-order valence-corrected chi connectivity index (χ0v) is 13.1. The molecule has 2 N–H and O–H groups in total. The molecule has 0 saturated heterocycles.